The number of anilines is 1. The number of carbonyl (C=O) groups is 2. The normalized spacial score (nSPS) is 16.9. The van der Waals surface area contributed by atoms with Gasteiger partial charge in [0.1, 0.15) is 9.71 Å². The van der Waals surface area contributed by atoms with Crippen molar-refractivity contribution in [3.05, 3.63) is 57.6 Å². The van der Waals surface area contributed by atoms with Crippen LogP contribution in [0.5, 0.6) is 0 Å². The number of nitrogens with zero attached hydrogens (tertiary/aromatic N) is 2. The third-order valence-electron chi connectivity index (χ3n) is 5.65. The number of ether oxygens (including phenoxy) is 1. The lowest BCUT2D eigenvalue weighted by Crippen LogP contribution is -2.36. The fourth-order valence-electron chi connectivity index (χ4n) is 3.89. The highest BCUT2D eigenvalue weighted by Crippen LogP contribution is 2.36. The van der Waals surface area contributed by atoms with Gasteiger partial charge < -0.3 is 10.1 Å². The molecule has 1 fully saturated rings. The number of piperidine rings is 1. The van der Waals surface area contributed by atoms with Gasteiger partial charge in [0.2, 0.25) is 0 Å². The lowest BCUT2D eigenvalue weighted by atomic mass is 10.0. The van der Waals surface area contributed by atoms with E-state index in [0.717, 1.165) is 18.8 Å². The predicted molar refractivity (Wildman–Crippen MR) is 124 cm³/mol. The van der Waals surface area contributed by atoms with Crippen LogP contribution < -0.4 is 5.32 Å². The summed E-state index contributed by atoms with van der Waals surface area (Å²) in [4.78, 5) is 33.5. The van der Waals surface area contributed by atoms with Crippen LogP contribution in [0.25, 0.3) is 10.2 Å². The van der Waals surface area contributed by atoms with Crippen molar-refractivity contribution in [2.75, 3.05) is 19.0 Å². The van der Waals surface area contributed by atoms with Crippen molar-refractivity contribution in [3.8, 4) is 0 Å². The van der Waals surface area contributed by atoms with E-state index in [9.17, 15) is 9.59 Å². The highest BCUT2D eigenvalue weighted by molar-refractivity contribution is 7.21. The summed E-state index contributed by atoms with van der Waals surface area (Å²) in [5, 5.41) is 3.90. The Hall–Kier alpha value is -2.48. The number of hydrogen-bond acceptors (Lipinski definition) is 6. The number of hydrogen-bond donors (Lipinski definition) is 1. The number of benzene rings is 1. The average Bonchev–Trinajstić information content (AvgIpc) is 3.12. The molecule has 1 aliphatic heterocycles. The van der Waals surface area contributed by atoms with Crippen LogP contribution in [0.3, 0.4) is 0 Å². The Morgan fingerprint density at radius 1 is 1.26 bits per heavy atom. The summed E-state index contributed by atoms with van der Waals surface area (Å²) < 4.78 is 4.94. The van der Waals surface area contributed by atoms with Crippen molar-refractivity contribution < 1.29 is 14.3 Å². The minimum absolute atomic E-state index is 0.314. The summed E-state index contributed by atoms with van der Waals surface area (Å²) in [7, 11) is 1.32. The van der Waals surface area contributed by atoms with Gasteiger partial charge in [-0.05, 0) is 50.6 Å². The molecular formula is C23H24ClN3O3S. The fourth-order valence-corrected chi connectivity index (χ4v) is 5.18. The lowest BCUT2D eigenvalue weighted by molar-refractivity contribution is 0.0607. The predicted octanol–water partition coefficient (Wildman–Crippen LogP) is 5.36. The smallest absolute Gasteiger partial charge is 0.350 e. The summed E-state index contributed by atoms with van der Waals surface area (Å²) in [5.74, 6) is -0.898. The van der Waals surface area contributed by atoms with Gasteiger partial charge in [0, 0.05) is 18.0 Å². The molecule has 3 heterocycles. The third kappa shape index (κ3) is 4.59. The van der Waals surface area contributed by atoms with E-state index in [1.54, 1.807) is 24.3 Å². The molecule has 0 spiro atoms. The number of aromatic nitrogens is 1. The second-order valence-electron chi connectivity index (χ2n) is 7.70. The zero-order valence-electron chi connectivity index (χ0n) is 17.5. The van der Waals surface area contributed by atoms with E-state index < -0.39 is 5.97 Å². The molecule has 1 aliphatic rings. The number of carbonyl (C=O) groups excluding carboxylic acids is 2. The second-order valence-corrected chi connectivity index (χ2v) is 9.11. The number of methoxy groups -OCH3 is 1. The van der Waals surface area contributed by atoms with Crippen LogP contribution in [-0.4, -0.2) is 41.5 Å². The van der Waals surface area contributed by atoms with Crippen LogP contribution in [0.1, 0.15) is 51.9 Å². The molecule has 31 heavy (non-hydrogen) atoms. The van der Waals surface area contributed by atoms with Crippen LogP contribution in [0.4, 0.5) is 5.69 Å². The summed E-state index contributed by atoms with van der Waals surface area (Å²) in [6.07, 6.45) is 3.67. The summed E-state index contributed by atoms with van der Waals surface area (Å²) in [5.41, 5.74) is 1.69. The SMILES string of the molecule is COC(=O)c1sc2nc(CN3CCCC[C@H]3C)ccc2c1NC(=O)c1ccccc1Cl. The first-order valence-electron chi connectivity index (χ1n) is 10.3. The monoisotopic (exact) mass is 457 g/mol. The average molecular weight is 458 g/mol. The maximum Gasteiger partial charge on any atom is 0.350 e. The van der Waals surface area contributed by atoms with Crippen LogP contribution in [0, 0.1) is 0 Å². The number of amides is 1. The molecule has 0 bridgehead atoms. The first-order chi connectivity index (χ1) is 15.0. The number of fused-ring (bicyclic) bond motifs is 1. The molecule has 2 aromatic heterocycles. The molecule has 1 N–H and O–H groups in total. The second kappa shape index (κ2) is 9.34. The van der Waals surface area contributed by atoms with Gasteiger partial charge in [0.15, 0.2) is 0 Å². The number of pyridine rings is 1. The van der Waals surface area contributed by atoms with Crippen LogP contribution in [-0.2, 0) is 11.3 Å². The van der Waals surface area contributed by atoms with Crippen molar-refractivity contribution in [3.63, 3.8) is 0 Å². The Bertz CT molecular complexity index is 1130. The Morgan fingerprint density at radius 2 is 2.06 bits per heavy atom. The number of esters is 1. The topological polar surface area (TPSA) is 71.5 Å². The number of rotatable bonds is 5. The van der Waals surface area contributed by atoms with Gasteiger partial charge in [-0.15, -0.1) is 11.3 Å². The third-order valence-corrected chi connectivity index (χ3v) is 7.06. The maximum atomic E-state index is 12.8. The van der Waals surface area contributed by atoms with Crippen LogP contribution >= 0.6 is 22.9 Å². The van der Waals surface area contributed by atoms with Crippen molar-refractivity contribution in [1.29, 1.82) is 0 Å². The number of thiophene rings is 1. The van der Waals surface area contributed by atoms with Gasteiger partial charge in [0.05, 0.1) is 29.1 Å². The van der Waals surface area contributed by atoms with Gasteiger partial charge in [-0.2, -0.15) is 0 Å². The number of halogens is 1. The minimum atomic E-state index is -0.510. The Morgan fingerprint density at radius 3 is 2.81 bits per heavy atom. The van der Waals surface area contributed by atoms with E-state index in [4.69, 9.17) is 21.3 Å². The Kier molecular flexibility index (Phi) is 6.55. The van der Waals surface area contributed by atoms with E-state index >= 15 is 0 Å². The molecule has 162 valence electrons. The van der Waals surface area contributed by atoms with Crippen LogP contribution in [0.15, 0.2) is 36.4 Å². The Balaban J connectivity index is 1.67. The molecule has 3 aromatic rings. The van der Waals surface area contributed by atoms with Gasteiger partial charge in [-0.25, -0.2) is 9.78 Å². The largest absolute Gasteiger partial charge is 0.465 e. The van der Waals surface area contributed by atoms with Gasteiger partial charge in [-0.1, -0.05) is 30.2 Å². The van der Waals surface area contributed by atoms with Crippen molar-refractivity contribution in [2.24, 2.45) is 0 Å². The van der Waals surface area contributed by atoms with Gasteiger partial charge in [-0.3, -0.25) is 9.69 Å². The zero-order valence-corrected chi connectivity index (χ0v) is 19.1. The van der Waals surface area contributed by atoms with Crippen molar-refractivity contribution >= 4 is 50.7 Å². The minimum Gasteiger partial charge on any atom is -0.465 e. The van der Waals surface area contributed by atoms with Crippen molar-refractivity contribution in [1.82, 2.24) is 9.88 Å². The first-order valence-corrected chi connectivity index (χ1v) is 11.5. The van der Waals surface area contributed by atoms with Crippen LogP contribution in [0.2, 0.25) is 5.02 Å². The zero-order chi connectivity index (χ0) is 22.0. The molecule has 1 atom stereocenters. The molecular weight excluding hydrogens is 434 g/mol. The maximum absolute atomic E-state index is 12.8. The molecule has 4 rings (SSSR count). The first kappa shape index (κ1) is 21.7. The molecule has 0 aliphatic carbocycles. The van der Waals surface area contributed by atoms with E-state index in [1.165, 1.54) is 37.7 Å². The van der Waals surface area contributed by atoms with Gasteiger partial charge >= 0.3 is 5.97 Å². The highest BCUT2D eigenvalue weighted by Gasteiger charge is 2.24. The van der Waals surface area contributed by atoms with E-state index in [1.807, 2.05) is 12.1 Å². The quantitative estimate of drug-likeness (QED) is 0.522. The molecule has 1 amide bonds. The molecule has 1 aromatic carbocycles. The molecule has 6 nitrogen and oxygen atoms in total. The molecule has 0 radical (unpaired) electrons. The summed E-state index contributed by atoms with van der Waals surface area (Å²) in [6, 6.07) is 11.2. The van der Waals surface area contributed by atoms with E-state index in [0.29, 0.717) is 37.4 Å². The molecule has 1 saturated heterocycles. The lowest BCUT2D eigenvalue weighted by Gasteiger charge is -2.32. The highest BCUT2D eigenvalue weighted by atomic mass is 35.5. The van der Waals surface area contributed by atoms with E-state index in [2.05, 4.69) is 17.1 Å². The summed E-state index contributed by atoms with van der Waals surface area (Å²) in [6.45, 7) is 4.09. The fraction of sp³-hybridized carbons (Fsp3) is 0.348. The Labute approximate surface area is 190 Å². The summed E-state index contributed by atoms with van der Waals surface area (Å²) >= 11 is 7.39. The number of nitrogens with one attached hydrogen (secondary N) is 1. The van der Waals surface area contributed by atoms with Gasteiger partial charge in [0.25, 0.3) is 5.91 Å². The molecule has 8 heteroatoms. The molecule has 0 unspecified atom stereocenters. The molecule has 0 saturated carbocycles. The van der Waals surface area contributed by atoms with Crippen molar-refractivity contribution in [2.45, 2.75) is 38.8 Å². The van der Waals surface area contributed by atoms with E-state index in [-0.39, 0.29) is 5.91 Å². The number of likely N-dealkylation sites (tertiary alicyclic amines) is 1. The standard InChI is InChI=1S/C23H24ClN3O3S/c1-14-7-5-6-12-27(14)13-15-10-11-17-19(20(23(29)30-2)31-22(17)25-15)26-21(28)16-8-3-4-9-18(16)24/h3-4,8-11,14H,5-7,12-13H2,1-2H3,(H,26,28)/t14-/m1/s1.